The quantitative estimate of drug-likeness (QED) is 0.0953. The van der Waals surface area contributed by atoms with E-state index < -0.39 is 0 Å². The number of aromatic nitrogens is 12. The Hall–Kier alpha value is -20.6. The number of rotatable bonds is 15. The Morgan fingerprint density at radius 2 is 0.420 bits per heavy atom. The van der Waals surface area contributed by atoms with Gasteiger partial charge in [-0.15, -0.1) is 0 Å². The smallest absolute Gasteiger partial charge is 0.238 e. The van der Waals surface area contributed by atoms with E-state index in [1.165, 1.54) is 16.3 Å². The van der Waals surface area contributed by atoms with Crippen molar-refractivity contribution in [2.75, 3.05) is 0 Å². The second-order valence-electron chi connectivity index (χ2n) is 37.3. The molecule has 0 fully saturated rings. The lowest BCUT2D eigenvalue weighted by molar-refractivity contribution is 0.668. The molecule has 30 rings (SSSR count). The van der Waals surface area contributed by atoms with Crippen molar-refractivity contribution in [2.45, 2.75) is 0 Å². The summed E-state index contributed by atoms with van der Waals surface area (Å²) in [6, 6.07) is 176. The van der Waals surface area contributed by atoms with Gasteiger partial charge in [0.25, 0.3) is 0 Å². The molecule has 0 radical (unpaired) electrons. The minimum atomic E-state index is 0.550. The molecule has 0 saturated heterocycles. The van der Waals surface area contributed by atoms with Crippen LogP contribution in [0.15, 0.2) is 523 Å². The van der Waals surface area contributed by atoms with Crippen LogP contribution in [0.3, 0.4) is 0 Å². The molecule has 15 nitrogen and oxygen atoms in total. The molecule has 0 aliphatic carbocycles. The number of nitrogens with zero attached hydrogens (tertiary/aromatic N) is 12. The monoisotopic (exact) mass is 1920 g/mol. The summed E-state index contributed by atoms with van der Waals surface area (Å²) in [6.07, 6.45) is 0. The summed E-state index contributed by atoms with van der Waals surface area (Å²) < 4.78 is 26.1. The predicted molar refractivity (Wildman–Crippen MR) is 610 cm³/mol. The molecule has 30 aromatic rings. The van der Waals surface area contributed by atoms with E-state index in [2.05, 4.69) is 378 Å². The number of hydrogen-bond acceptors (Lipinski definition) is 12. The second-order valence-corrected chi connectivity index (χ2v) is 37.3. The molecule has 0 atom stereocenters. The Morgan fingerprint density at radius 3 is 0.887 bits per heavy atom. The van der Waals surface area contributed by atoms with Gasteiger partial charge in [-0.25, -0.2) is 24.9 Å². The highest BCUT2D eigenvalue weighted by molar-refractivity contribution is 6.18. The standard InChI is InChI=1S/C51H32N4O.C45H28N4O.C39H24N4O/c1-3-14-33(15-4-1)40-24-13-27-46-48(40)43-29-28-36(32-47(43)56-46)35-18-11-19-37(30-35)50-52-49(34-16-5-2-6-17-34)53-51(54-50)38-20-12-21-39(31-38)55-44-25-9-7-22-41(44)42-23-8-10-26-45(42)55;1-4-15-29(16-5-1)33-23-14-24-35-34-21-10-12-25-38(34)49(42(33)35)45-47-43(31-19-8-3-9-20-31)46-44(48-45)32-27-37(30-17-6-2-7-18-30)41-36-22-11-13-26-39(36)50-40(41)28-32;1-3-13-25(14-4-1)31-23-27(24-35-36(31)30-19-9-12-22-34(30)44-35)38-40-37(26-15-5-2-6-16-26)41-39(42-38)43-32-20-10-7-17-28(32)29-18-8-11-21-33(29)43/h1-32H;1-28H;1-24H. The Bertz CT molecular complexity index is 10400. The van der Waals surface area contributed by atoms with Gasteiger partial charge in [0.15, 0.2) is 40.8 Å². The topological polar surface area (TPSA) is 170 Å². The Balaban J connectivity index is 0.000000109. The fourth-order valence-electron chi connectivity index (χ4n) is 21.5. The Kier molecular flexibility index (Phi) is 21.5. The van der Waals surface area contributed by atoms with Crippen molar-refractivity contribution < 1.29 is 13.3 Å². The van der Waals surface area contributed by atoms with Gasteiger partial charge >= 0.3 is 0 Å². The van der Waals surface area contributed by atoms with Gasteiger partial charge in [-0.3, -0.25) is 9.13 Å². The van der Waals surface area contributed by atoms with Crippen LogP contribution < -0.4 is 0 Å². The molecule has 0 aliphatic rings. The fourth-order valence-corrected chi connectivity index (χ4v) is 21.5. The second kappa shape index (κ2) is 37.0. The maximum absolute atomic E-state index is 6.50. The van der Waals surface area contributed by atoms with E-state index in [4.69, 9.17) is 58.1 Å². The Morgan fingerprint density at radius 1 is 0.140 bits per heavy atom. The fraction of sp³-hybridized carbons (Fsp3) is 0. The van der Waals surface area contributed by atoms with Crippen molar-refractivity contribution >= 4 is 131 Å². The average molecular weight is 1920 g/mol. The highest BCUT2D eigenvalue weighted by Gasteiger charge is 2.28. The molecular formula is C135H84N12O3. The van der Waals surface area contributed by atoms with E-state index in [-0.39, 0.29) is 0 Å². The SMILES string of the molecule is c1ccc(-c2nc(-c3cc(-c4ccccc4)c4c(c3)oc3ccccc34)nc(-n3c4ccccc4c4cccc(-c5ccccc5)c43)n2)cc1.c1ccc(-c2nc(-c3cc(-c4ccccc4)c4c(c3)oc3ccccc34)nc(-n3c4ccccc4c4ccccc43)n2)cc1.c1ccc(-c2nc(-c3cccc(-c4ccc5c(c4)oc4cccc(-c6ccccc6)c45)c3)nc(-c3cccc(-n4c5ccccc5c5ccccc54)c3)n2)cc1. The number of para-hydroxylation sites is 8. The average Bonchev–Trinajstić information content (AvgIpc) is 1.56. The van der Waals surface area contributed by atoms with Gasteiger partial charge in [0.1, 0.15) is 33.5 Å². The van der Waals surface area contributed by atoms with E-state index in [1.54, 1.807) is 0 Å². The van der Waals surface area contributed by atoms with E-state index in [0.29, 0.717) is 52.7 Å². The van der Waals surface area contributed by atoms with Gasteiger partial charge in [-0.05, 0) is 153 Å². The van der Waals surface area contributed by atoms with Crippen LogP contribution in [0.25, 0.3) is 284 Å². The first kappa shape index (κ1) is 87.3. The lowest BCUT2D eigenvalue weighted by Crippen LogP contribution is -2.07. The van der Waals surface area contributed by atoms with Crippen LogP contribution in [0.4, 0.5) is 0 Å². The highest BCUT2D eigenvalue weighted by atomic mass is 16.3. The molecule has 0 amide bonds. The molecule has 0 spiro atoms. The third kappa shape index (κ3) is 15.6. The lowest BCUT2D eigenvalue weighted by Gasteiger charge is -2.13. The number of fused-ring (bicyclic) bond motifs is 18. The summed E-state index contributed by atoms with van der Waals surface area (Å²) in [5.74, 6) is 5.31. The summed E-state index contributed by atoms with van der Waals surface area (Å²) >= 11 is 0. The van der Waals surface area contributed by atoms with E-state index >= 15 is 0 Å². The number of furan rings is 3. The van der Waals surface area contributed by atoms with Gasteiger partial charge in [-0.2, -0.15) is 19.9 Å². The van der Waals surface area contributed by atoms with Crippen LogP contribution in [0.5, 0.6) is 0 Å². The zero-order valence-electron chi connectivity index (χ0n) is 80.6. The van der Waals surface area contributed by atoms with Gasteiger partial charge < -0.3 is 17.8 Å². The van der Waals surface area contributed by atoms with E-state index in [0.717, 1.165) is 215 Å². The van der Waals surface area contributed by atoms with Crippen LogP contribution in [-0.2, 0) is 0 Å². The lowest BCUT2D eigenvalue weighted by atomic mass is 9.97. The third-order valence-corrected chi connectivity index (χ3v) is 28.4. The van der Waals surface area contributed by atoms with Crippen molar-refractivity contribution in [1.82, 2.24) is 58.6 Å². The third-order valence-electron chi connectivity index (χ3n) is 28.4. The molecule has 15 heteroatoms. The van der Waals surface area contributed by atoms with Crippen LogP contribution in [0.2, 0.25) is 0 Å². The van der Waals surface area contributed by atoms with Crippen molar-refractivity contribution in [2.24, 2.45) is 0 Å². The van der Waals surface area contributed by atoms with Crippen LogP contribution >= 0.6 is 0 Å². The minimum Gasteiger partial charge on any atom is -0.456 e. The molecule has 150 heavy (non-hydrogen) atoms. The molecule has 702 valence electrons. The van der Waals surface area contributed by atoms with Gasteiger partial charge in [0, 0.05) is 115 Å². The maximum Gasteiger partial charge on any atom is 0.238 e. The highest BCUT2D eigenvalue weighted by Crippen LogP contribution is 2.47. The van der Waals surface area contributed by atoms with Crippen LogP contribution in [0.1, 0.15) is 0 Å². The molecule has 21 aromatic carbocycles. The normalized spacial score (nSPS) is 11.6. The Labute approximate surface area is 859 Å². The number of hydrogen-bond donors (Lipinski definition) is 0. The largest absolute Gasteiger partial charge is 0.456 e. The van der Waals surface area contributed by atoms with Gasteiger partial charge in [0.2, 0.25) is 11.9 Å². The van der Waals surface area contributed by atoms with E-state index in [1.807, 2.05) is 146 Å². The molecule has 9 heterocycles. The van der Waals surface area contributed by atoms with Gasteiger partial charge in [0.05, 0.1) is 33.1 Å². The summed E-state index contributed by atoms with van der Waals surface area (Å²) in [4.78, 5) is 46.2. The molecule has 0 N–H and O–H groups in total. The molecule has 0 unspecified atom stereocenters. The minimum absolute atomic E-state index is 0.550. The van der Waals surface area contributed by atoms with Crippen molar-refractivity contribution in [3.05, 3.63) is 510 Å². The van der Waals surface area contributed by atoms with Crippen LogP contribution in [-0.4, -0.2) is 58.6 Å². The summed E-state index contributed by atoms with van der Waals surface area (Å²) in [6.45, 7) is 0. The predicted octanol–water partition coefficient (Wildman–Crippen LogP) is 34.6. The van der Waals surface area contributed by atoms with Crippen molar-refractivity contribution in [3.63, 3.8) is 0 Å². The van der Waals surface area contributed by atoms with Gasteiger partial charge in [-0.1, -0.05) is 406 Å². The number of benzene rings is 21. The first-order valence-corrected chi connectivity index (χ1v) is 50.1. The summed E-state index contributed by atoms with van der Waals surface area (Å²) in [5.41, 5.74) is 29.8. The zero-order chi connectivity index (χ0) is 99.1. The molecule has 0 aliphatic heterocycles. The first-order valence-electron chi connectivity index (χ1n) is 50.1. The molecule has 0 saturated carbocycles. The zero-order valence-corrected chi connectivity index (χ0v) is 80.6. The van der Waals surface area contributed by atoms with Crippen molar-refractivity contribution in [3.8, 4) is 153 Å². The molecule has 0 bridgehead atoms. The molecular weight excluding hydrogens is 1840 g/mol. The van der Waals surface area contributed by atoms with Crippen molar-refractivity contribution in [1.29, 1.82) is 0 Å². The summed E-state index contributed by atoms with van der Waals surface area (Å²) in [5, 5.41) is 13.6. The summed E-state index contributed by atoms with van der Waals surface area (Å²) in [7, 11) is 0. The van der Waals surface area contributed by atoms with E-state index in [9.17, 15) is 0 Å². The van der Waals surface area contributed by atoms with Crippen LogP contribution in [0, 0.1) is 0 Å². The maximum atomic E-state index is 6.50. The molecule has 9 aromatic heterocycles. The first-order chi connectivity index (χ1) is 74.4.